The zero-order chi connectivity index (χ0) is 21.1. The summed E-state index contributed by atoms with van der Waals surface area (Å²) in [7, 11) is 0. The van der Waals surface area contributed by atoms with Crippen LogP contribution in [0.3, 0.4) is 0 Å². The topological polar surface area (TPSA) is 26.3 Å². The first-order chi connectivity index (χ1) is 14.5. The summed E-state index contributed by atoms with van der Waals surface area (Å²) in [6.45, 7) is 2.13. The zero-order valence-corrected chi connectivity index (χ0v) is 18.0. The van der Waals surface area contributed by atoms with Gasteiger partial charge in [0, 0.05) is 6.07 Å². The lowest BCUT2D eigenvalue weighted by molar-refractivity contribution is -0.140. The van der Waals surface area contributed by atoms with Crippen LogP contribution in [0, 0.1) is 47.1 Å². The molecule has 0 N–H and O–H groups in total. The van der Waals surface area contributed by atoms with Crippen molar-refractivity contribution < 1.29 is 18.3 Å². The third kappa shape index (κ3) is 4.95. The van der Waals surface area contributed by atoms with Crippen molar-refractivity contribution in [2.75, 3.05) is 0 Å². The van der Waals surface area contributed by atoms with Crippen LogP contribution in [0.1, 0.15) is 71.1 Å². The Kier molecular flexibility index (Phi) is 6.90. The smallest absolute Gasteiger partial charge is 0.314 e. The van der Waals surface area contributed by atoms with Gasteiger partial charge in [0.25, 0.3) is 0 Å². The second kappa shape index (κ2) is 9.62. The van der Waals surface area contributed by atoms with E-state index in [1.54, 1.807) is 0 Å². The molecule has 4 unspecified atom stereocenters. The van der Waals surface area contributed by atoms with Crippen LogP contribution in [-0.4, -0.2) is 5.97 Å². The van der Waals surface area contributed by atoms with E-state index in [0.29, 0.717) is 5.92 Å². The molecular weight excluding hydrogens is 382 g/mol. The van der Waals surface area contributed by atoms with Crippen molar-refractivity contribution in [3.05, 3.63) is 42.0 Å². The van der Waals surface area contributed by atoms with Gasteiger partial charge >= 0.3 is 5.97 Å². The van der Waals surface area contributed by atoms with E-state index in [-0.39, 0.29) is 17.6 Å². The van der Waals surface area contributed by atoms with Crippen molar-refractivity contribution in [3.63, 3.8) is 0 Å². The first-order valence-electron chi connectivity index (χ1n) is 11.8. The molecule has 4 atom stereocenters. The third-order valence-electron chi connectivity index (χ3n) is 8.04. The van der Waals surface area contributed by atoms with Crippen LogP contribution in [-0.2, 0) is 4.79 Å². The normalized spacial score (nSPS) is 34.5. The Morgan fingerprint density at radius 1 is 0.900 bits per heavy atom. The molecule has 0 aromatic heterocycles. The van der Waals surface area contributed by atoms with E-state index < -0.39 is 11.6 Å². The van der Waals surface area contributed by atoms with Gasteiger partial charge in [0.05, 0.1) is 5.92 Å². The average Bonchev–Trinajstić information content (AvgIpc) is 2.75. The van der Waals surface area contributed by atoms with Crippen molar-refractivity contribution in [2.24, 2.45) is 35.5 Å². The molecule has 3 aliphatic rings. The molecule has 0 amide bonds. The summed E-state index contributed by atoms with van der Waals surface area (Å²) in [5, 5.41) is 0. The van der Waals surface area contributed by atoms with E-state index in [2.05, 4.69) is 19.1 Å². The molecule has 2 nitrogen and oxygen atoms in total. The van der Waals surface area contributed by atoms with Crippen molar-refractivity contribution in [1.29, 1.82) is 0 Å². The Labute approximate surface area is 179 Å². The molecule has 3 aliphatic carbocycles. The van der Waals surface area contributed by atoms with Gasteiger partial charge in [-0.05, 0) is 113 Å². The van der Waals surface area contributed by atoms with Crippen molar-refractivity contribution >= 4 is 5.97 Å². The standard InChI is InChI=1S/C26H34F2O2/c1-2-3-17-4-5-22-15-21(11-10-20(22)14-17)18-6-8-19(9-7-18)26(29)30-25-13-12-23(27)16-24(25)28/h2-3,12-13,16-22H,4-11,14-15H2,1H3/b3-2+. The molecule has 4 heteroatoms. The van der Waals surface area contributed by atoms with Gasteiger partial charge in [0.1, 0.15) is 5.82 Å². The van der Waals surface area contributed by atoms with Gasteiger partial charge < -0.3 is 4.74 Å². The Morgan fingerprint density at radius 2 is 1.53 bits per heavy atom. The van der Waals surface area contributed by atoms with Crippen LogP contribution in [0.25, 0.3) is 0 Å². The summed E-state index contributed by atoms with van der Waals surface area (Å²) in [6, 6.07) is 3.06. The summed E-state index contributed by atoms with van der Waals surface area (Å²) in [5.41, 5.74) is 0. The molecule has 3 saturated carbocycles. The van der Waals surface area contributed by atoms with Gasteiger partial charge in [0.15, 0.2) is 11.6 Å². The molecule has 1 aromatic rings. The van der Waals surface area contributed by atoms with Crippen LogP contribution in [0.5, 0.6) is 5.75 Å². The minimum absolute atomic E-state index is 0.168. The molecule has 0 radical (unpaired) electrons. The average molecular weight is 417 g/mol. The minimum atomic E-state index is -0.821. The summed E-state index contributed by atoms with van der Waals surface area (Å²) < 4.78 is 32.0. The van der Waals surface area contributed by atoms with Crippen LogP contribution >= 0.6 is 0 Å². The Hall–Kier alpha value is -1.71. The monoisotopic (exact) mass is 416 g/mol. The van der Waals surface area contributed by atoms with Gasteiger partial charge in [-0.2, -0.15) is 0 Å². The molecule has 3 fully saturated rings. The number of allylic oxidation sites excluding steroid dienone is 2. The molecule has 4 rings (SSSR count). The maximum atomic E-state index is 13.8. The number of carbonyl (C=O) groups excluding carboxylic acids is 1. The van der Waals surface area contributed by atoms with Crippen LogP contribution in [0.2, 0.25) is 0 Å². The maximum absolute atomic E-state index is 13.8. The summed E-state index contributed by atoms with van der Waals surface area (Å²) >= 11 is 0. The zero-order valence-electron chi connectivity index (χ0n) is 18.0. The lowest BCUT2D eigenvalue weighted by Crippen LogP contribution is -2.35. The Morgan fingerprint density at radius 3 is 2.23 bits per heavy atom. The molecule has 0 spiro atoms. The second-order valence-corrected chi connectivity index (χ2v) is 9.80. The predicted octanol–water partition coefficient (Wildman–Crippen LogP) is 7.09. The number of esters is 1. The van der Waals surface area contributed by atoms with Gasteiger partial charge in [-0.15, -0.1) is 0 Å². The van der Waals surface area contributed by atoms with Crippen molar-refractivity contribution in [2.45, 2.75) is 71.1 Å². The number of halogens is 2. The van der Waals surface area contributed by atoms with Crippen LogP contribution in [0.15, 0.2) is 30.4 Å². The van der Waals surface area contributed by atoms with E-state index in [9.17, 15) is 13.6 Å². The quantitative estimate of drug-likeness (QED) is 0.298. The lowest BCUT2D eigenvalue weighted by Gasteiger charge is -2.45. The van der Waals surface area contributed by atoms with E-state index in [1.165, 1.54) is 44.6 Å². The number of rotatable bonds is 4. The largest absolute Gasteiger partial charge is 0.423 e. The van der Waals surface area contributed by atoms with E-state index in [1.807, 2.05) is 0 Å². The maximum Gasteiger partial charge on any atom is 0.314 e. The van der Waals surface area contributed by atoms with Gasteiger partial charge in [-0.3, -0.25) is 4.79 Å². The molecule has 0 heterocycles. The number of benzene rings is 1. The minimum Gasteiger partial charge on any atom is -0.423 e. The fourth-order valence-corrected chi connectivity index (χ4v) is 6.41. The van der Waals surface area contributed by atoms with E-state index >= 15 is 0 Å². The molecule has 30 heavy (non-hydrogen) atoms. The number of hydrogen-bond acceptors (Lipinski definition) is 2. The molecule has 164 valence electrons. The Balaban J connectivity index is 1.25. The summed E-state index contributed by atoms with van der Waals surface area (Å²) in [5.74, 6) is 1.92. The third-order valence-corrected chi connectivity index (χ3v) is 8.04. The molecule has 0 saturated heterocycles. The summed E-state index contributed by atoms with van der Waals surface area (Å²) in [4.78, 5) is 12.5. The number of ether oxygens (including phenoxy) is 1. The first-order valence-corrected chi connectivity index (χ1v) is 11.8. The highest BCUT2D eigenvalue weighted by atomic mass is 19.1. The van der Waals surface area contributed by atoms with Gasteiger partial charge in [0.2, 0.25) is 0 Å². The number of carbonyl (C=O) groups is 1. The molecule has 0 aliphatic heterocycles. The number of hydrogen-bond donors (Lipinski definition) is 0. The lowest BCUT2D eigenvalue weighted by atomic mass is 9.61. The molecule has 1 aromatic carbocycles. The fraction of sp³-hybridized carbons (Fsp3) is 0.654. The summed E-state index contributed by atoms with van der Waals surface area (Å²) in [6.07, 6.45) is 16.6. The van der Waals surface area contributed by atoms with Crippen LogP contribution < -0.4 is 4.74 Å². The highest BCUT2D eigenvalue weighted by molar-refractivity contribution is 5.75. The second-order valence-electron chi connectivity index (χ2n) is 9.80. The van der Waals surface area contributed by atoms with Crippen molar-refractivity contribution in [3.8, 4) is 5.75 Å². The SMILES string of the molecule is C/C=C/C1CCC2CC(C3CCC(C(=O)Oc4ccc(F)cc4F)CC3)CCC2C1. The molecular formula is C26H34F2O2. The van der Waals surface area contributed by atoms with Gasteiger partial charge in [-0.25, -0.2) is 8.78 Å². The number of fused-ring (bicyclic) bond motifs is 1. The highest BCUT2D eigenvalue weighted by Gasteiger charge is 2.39. The molecule has 0 bridgehead atoms. The fourth-order valence-electron chi connectivity index (χ4n) is 6.41. The van der Waals surface area contributed by atoms with E-state index in [0.717, 1.165) is 61.5 Å². The highest BCUT2D eigenvalue weighted by Crippen LogP contribution is 2.49. The van der Waals surface area contributed by atoms with E-state index in [4.69, 9.17) is 4.74 Å². The first kappa shape index (κ1) is 21.5. The van der Waals surface area contributed by atoms with Crippen molar-refractivity contribution in [1.82, 2.24) is 0 Å². The van der Waals surface area contributed by atoms with Crippen LogP contribution in [0.4, 0.5) is 8.78 Å². The van der Waals surface area contributed by atoms with Gasteiger partial charge in [-0.1, -0.05) is 12.2 Å². The Bertz CT molecular complexity index is 766. The predicted molar refractivity (Wildman–Crippen MR) is 114 cm³/mol.